The van der Waals surface area contributed by atoms with Crippen LogP contribution in [0.15, 0.2) is 55.1 Å². The number of ether oxygens (including phenoxy) is 2. The largest absolute Gasteiger partial charge is 0.534 e. The fraction of sp³-hybridized carbons (Fsp3) is 0.238. The summed E-state index contributed by atoms with van der Waals surface area (Å²) in [6.45, 7) is 3.49. The molecule has 0 saturated carbocycles. The summed E-state index contributed by atoms with van der Waals surface area (Å²) in [5, 5.41) is 11.9. The van der Waals surface area contributed by atoms with Crippen molar-refractivity contribution in [2.24, 2.45) is 0 Å². The molecule has 0 fully saturated rings. The Morgan fingerprint density at radius 1 is 1.14 bits per heavy atom. The van der Waals surface area contributed by atoms with E-state index < -0.39 is 61.3 Å². The van der Waals surface area contributed by atoms with Crippen molar-refractivity contribution < 1.29 is 49.8 Å². The van der Waals surface area contributed by atoms with E-state index in [1.54, 1.807) is 6.07 Å². The van der Waals surface area contributed by atoms with Gasteiger partial charge in [0.2, 0.25) is 5.78 Å². The van der Waals surface area contributed by atoms with Crippen molar-refractivity contribution in [3.8, 4) is 11.5 Å². The topological polar surface area (TPSA) is 139 Å². The molecule has 0 saturated heterocycles. The van der Waals surface area contributed by atoms with E-state index in [-0.39, 0.29) is 11.1 Å². The summed E-state index contributed by atoms with van der Waals surface area (Å²) in [6.07, 6.45) is 1.02. The lowest BCUT2D eigenvalue weighted by molar-refractivity contribution is -0.507. The maximum absolute atomic E-state index is 12.9. The molecule has 2 atom stereocenters. The highest BCUT2D eigenvalue weighted by molar-refractivity contribution is 7.88. The molecule has 35 heavy (non-hydrogen) atoms. The van der Waals surface area contributed by atoms with Gasteiger partial charge in [0.05, 0.1) is 20.1 Å². The Hall–Kier alpha value is -3.94. The molecule has 0 radical (unpaired) electrons. The standard InChI is InChI=1S/C21H18F3NO9S/c1-4-14(17(25(28)29)18(26)12-8-6-5-7-9-12)13-10-15(20(27)33-3)19(16(11-13)32-2)34-35(30,31)21(22,23)24/h4-11,14,17H,1H2,2-3H3. The number of esters is 1. The van der Waals surface area contributed by atoms with Crippen LogP contribution < -0.4 is 8.92 Å². The second-order valence-corrected chi connectivity index (χ2v) is 8.33. The van der Waals surface area contributed by atoms with Crippen LogP contribution in [0.25, 0.3) is 0 Å². The van der Waals surface area contributed by atoms with Gasteiger partial charge in [0.25, 0.3) is 6.04 Å². The first-order valence-electron chi connectivity index (χ1n) is 9.45. The Labute approximate surface area is 197 Å². The number of hydrogen-bond donors (Lipinski definition) is 0. The average molecular weight is 517 g/mol. The molecule has 2 unspecified atom stereocenters. The van der Waals surface area contributed by atoms with E-state index in [1.807, 2.05) is 0 Å². The van der Waals surface area contributed by atoms with E-state index >= 15 is 0 Å². The van der Waals surface area contributed by atoms with E-state index in [2.05, 4.69) is 15.5 Å². The van der Waals surface area contributed by atoms with Crippen molar-refractivity contribution in [1.82, 2.24) is 0 Å². The quantitative estimate of drug-likeness (QED) is 0.0881. The molecule has 0 N–H and O–H groups in total. The summed E-state index contributed by atoms with van der Waals surface area (Å²) in [4.78, 5) is 36.2. The van der Waals surface area contributed by atoms with Crippen molar-refractivity contribution in [3.63, 3.8) is 0 Å². The first kappa shape index (κ1) is 27.3. The van der Waals surface area contributed by atoms with Crippen molar-refractivity contribution >= 4 is 21.9 Å². The van der Waals surface area contributed by atoms with E-state index in [0.717, 1.165) is 32.4 Å². The van der Waals surface area contributed by atoms with Gasteiger partial charge >= 0.3 is 21.6 Å². The van der Waals surface area contributed by atoms with Crippen molar-refractivity contribution in [2.45, 2.75) is 17.5 Å². The van der Waals surface area contributed by atoms with Crippen LogP contribution in [-0.2, 0) is 14.9 Å². The summed E-state index contributed by atoms with van der Waals surface area (Å²) >= 11 is 0. The number of carbonyl (C=O) groups excluding carboxylic acids is 2. The molecule has 0 aromatic heterocycles. The number of rotatable bonds is 10. The normalized spacial score (nSPS) is 13.3. The number of benzene rings is 2. The smallest absolute Gasteiger partial charge is 0.493 e. The van der Waals surface area contributed by atoms with Crippen LogP contribution in [0.3, 0.4) is 0 Å². The number of nitro groups is 1. The second kappa shape index (κ2) is 10.5. The summed E-state index contributed by atoms with van der Waals surface area (Å²) < 4.78 is 75.3. The molecule has 0 amide bonds. The molecule has 0 spiro atoms. The van der Waals surface area contributed by atoms with Crippen LogP contribution in [0, 0.1) is 10.1 Å². The highest BCUT2D eigenvalue weighted by Gasteiger charge is 2.49. The minimum atomic E-state index is -6.24. The summed E-state index contributed by atoms with van der Waals surface area (Å²) in [6, 6.07) is 6.99. The molecule has 10 nitrogen and oxygen atoms in total. The van der Waals surface area contributed by atoms with E-state index in [0.29, 0.717) is 0 Å². The Kier molecular flexibility index (Phi) is 8.23. The first-order valence-corrected chi connectivity index (χ1v) is 10.9. The molecule has 188 valence electrons. The number of methoxy groups -OCH3 is 2. The van der Waals surface area contributed by atoms with Crippen molar-refractivity contribution in [2.75, 3.05) is 14.2 Å². The minimum Gasteiger partial charge on any atom is -0.493 e. The highest BCUT2D eigenvalue weighted by Crippen LogP contribution is 2.40. The van der Waals surface area contributed by atoms with Crippen LogP contribution in [0.2, 0.25) is 0 Å². The lowest BCUT2D eigenvalue weighted by Crippen LogP contribution is -2.35. The van der Waals surface area contributed by atoms with Gasteiger partial charge < -0.3 is 13.7 Å². The molecular weight excluding hydrogens is 499 g/mol. The van der Waals surface area contributed by atoms with Crippen molar-refractivity contribution in [1.29, 1.82) is 0 Å². The van der Waals surface area contributed by atoms with Gasteiger partial charge in [-0.2, -0.15) is 21.6 Å². The van der Waals surface area contributed by atoms with Gasteiger partial charge in [-0.05, 0) is 17.7 Å². The lowest BCUT2D eigenvalue weighted by atomic mass is 9.86. The predicted octanol–water partition coefficient (Wildman–Crippen LogP) is 3.51. The monoisotopic (exact) mass is 517 g/mol. The number of alkyl halides is 3. The lowest BCUT2D eigenvalue weighted by Gasteiger charge is -2.21. The third kappa shape index (κ3) is 5.77. The molecule has 0 aliphatic rings. The zero-order chi connectivity index (χ0) is 26.6. The minimum absolute atomic E-state index is 0.00238. The Morgan fingerprint density at radius 2 is 1.74 bits per heavy atom. The number of carbonyl (C=O) groups is 2. The average Bonchev–Trinajstić information content (AvgIpc) is 2.81. The Morgan fingerprint density at radius 3 is 2.20 bits per heavy atom. The summed E-state index contributed by atoms with van der Waals surface area (Å²) in [5.41, 5.74) is -6.87. The van der Waals surface area contributed by atoms with Crippen LogP contribution in [0.4, 0.5) is 13.2 Å². The summed E-state index contributed by atoms with van der Waals surface area (Å²) in [5.74, 6) is -5.54. The SMILES string of the molecule is C=CC(c1cc(OC)c(OS(=O)(=O)C(F)(F)F)c(C(=O)OC)c1)C(C(=O)c1ccccc1)[N+](=O)[O-]. The first-order chi connectivity index (χ1) is 16.3. The fourth-order valence-corrected chi connectivity index (χ4v) is 3.57. The van der Waals surface area contributed by atoms with E-state index in [4.69, 9.17) is 4.74 Å². The number of ketones is 1. The predicted molar refractivity (Wildman–Crippen MR) is 114 cm³/mol. The second-order valence-electron chi connectivity index (χ2n) is 6.80. The molecule has 2 aromatic carbocycles. The zero-order valence-corrected chi connectivity index (χ0v) is 19.0. The number of nitrogens with zero attached hydrogens (tertiary/aromatic N) is 1. The molecule has 0 aliphatic carbocycles. The third-order valence-corrected chi connectivity index (χ3v) is 5.67. The van der Waals surface area contributed by atoms with Gasteiger partial charge in [-0.1, -0.05) is 36.4 Å². The Bertz CT molecular complexity index is 1240. The molecule has 2 aromatic rings. The van der Waals surface area contributed by atoms with Crippen molar-refractivity contribution in [3.05, 3.63) is 81.9 Å². The molecule has 2 rings (SSSR count). The molecule has 14 heteroatoms. The highest BCUT2D eigenvalue weighted by atomic mass is 32.2. The maximum atomic E-state index is 12.9. The maximum Gasteiger partial charge on any atom is 0.534 e. The number of halogens is 3. The van der Waals surface area contributed by atoms with Crippen LogP contribution in [0.1, 0.15) is 32.2 Å². The molecule has 0 bridgehead atoms. The van der Waals surface area contributed by atoms with Gasteiger partial charge in [0.15, 0.2) is 11.5 Å². The fourth-order valence-electron chi connectivity index (χ4n) is 3.08. The van der Waals surface area contributed by atoms with Gasteiger partial charge in [0.1, 0.15) is 5.56 Å². The zero-order valence-electron chi connectivity index (χ0n) is 18.1. The van der Waals surface area contributed by atoms with E-state index in [9.17, 15) is 41.3 Å². The van der Waals surface area contributed by atoms with Gasteiger partial charge in [0, 0.05) is 10.5 Å². The molecule has 0 heterocycles. The van der Waals surface area contributed by atoms with Crippen LogP contribution >= 0.6 is 0 Å². The van der Waals surface area contributed by atoms with Crippen LogP contribution in [0.5, 0.6) is 11.5 Å². The molecular formula is C21H18F3NO9S. The van der Waals surface area contributed by atoms with E-state index in [1.165, 1.54) is 24.3 Å². The summed E-state index contributed by atoms with van der Waals surface area (Å²) in [7, 11) is -4.45. The van der Waals surface area contributed by atoms with Gasteiger partial charge in [-0.25, -0.2) is 4.79 Å². The van der Waals surface area contributed by atoms with Crippen LogP contribution in [-0.4, -0.2) is 50.9 Å². The number of hydrogen-bond acceptors (Lipinski definition) is 9. The molecule has 0 aliphatic heterocycles. The third-order valence-electron chi connectivity index (χ3n) is 4.71. The number of Topliss-reactive ketones (excluding diaryl/α,β-unsaturated/α-hetero) is 1. The van der Waals surface area contributed by atoms with Gasteiger partial charge in [-0.3, -0.25) is 14.9 Å². The Balaban J connectivity index is 2.74. The van der Waals surface area contributed by atoms with Gasteiger partial charge in [-0.15, -0.1) is 6.58 Å².